The van der Waals surface area contributed by atoms with Gasteiger partial charge in [-0.2, -0.15) is 0 Å². The van der Waals surface area contributed by atoms with Crippen LogP contribution in [0.1, 0.15) is 31.5 Å². The van der Waals surface area contributed by atoms with Gasteiger partial charge in [-0.25, -0.2) is 9.97 Å². The molecule has 4 nitrogen and oxygen atoms in total. The van der Waals surface area contributed by atoms with Crippen LogP contribution in [0.25, 0.3) is 0 Å². The minimum Gasteiger partial charge on any atom is -0.384 e. The molecule has 82 valence electrons. The van der Waals surface area contributed by atoms with Gasteiger partial charge in [0, 0.05) is 13.1 Å². The van der Waals surface area contributed by atoms with Crippen LogP contribution in [0.5, 0.6) is 0 Å². The van der Waals surface area contributed by atoms with Crippen LogP contribution in [0.3, 0.4) is 0 Å². The van der Waals surface area contributed by atoms with Crippen molar-refractivity contribution in [3.63, 3.8) is 0 Å². The Bertz CT molecular complexity index is 331. The van der Waals surface area contributed by atoms with E-state index in [1.165, 1.54) is 25.7 Å². The first kappa shape index (κ1) is 10.2. The highest BCUT2D eigenvalue weighted by molar-refractivity contribution is 5.63. The predicted octanol–water partition coefficient (Wildman–Crippen LogP) is 2.18. The molecule has 0 unspecified atom stereocenters. The summed E-state index contributed by atoms with van der Waals surface area (Å²) in [6.07, 6.45) is 7.01. The molecule has 0 bridgehead atoms. The lowest BCUT2D eigenvalue weighted by atomic mass is 10.2. The maximum Gasteiger partial charge on any atom is 0.153 e. The number of nitrogens with zero attached hydrogens (tertiary/aromatic N) is 2. The Morgan fingerprint density at radius 1 is 1.33 bits per heavy atom. The van der Waals surface area contributed by atoms with Gasteiger partial charge >= 0.3 is 0 Å². The summed E-state index contributed by atoms with van der Waals surface area (Å²) in [4.78, 5) is 8.59. The lowest BCUT2D eigenvalue weighted by Crippen LogP contribution is -2.17. The van der Waals surface area contributed by atoms with Crippen LogP contribution in [0.4, 0.5) is 11.5 Å². The average Bonchev–Trinajstić information content (AvgIpc) is 2.71. The number of aryl methyl sites for hydroxylation is 1. The van der Waals surface area contributed by atoms with Crippen molar-refractivity contribution >= 4 is 11.5 Å². The van der Waals surface area contributed by atoms with Crippen LogP contribution >= 0.6 is 0 Å². The van der Waals surface area contributed by atoms with Gasteiger partial charge in [0.25, 0.3) is 0 Å². The van der Waals surface area contributed by atoms with Crippen molar-refractivity contribution in [2.24, 2.45) is 0 Å². The van der Waals surface area contributed by atoms with E-state index in [2.05, 4.69) is 20.6 Å². The van der Waals surface area contributed by atoms with E-state index in [1.54, 1.807) is 0 Å². The third kappa shape index (κ3) is 2.37. The maximum atomic E-state index is 4.42. The van der Waals surface area contributed by atoms with Crippen molar-refractivity contribution in [3.05, 3.63) is 12.0 Å². The SMILES string of the molecule is CNc1cnc(C)nc1NC1CCCC1. The van der Waals surface area contributed by atoms with E-state index in [9.17, 15) is 0 Å². The van der Waals surface area contributed by atoms with Crippen molar-refractivity contribution in [2.75, 3.05) is 17.7 Å². The first-order valence-corrected chi connectivity index (χ1v) is 5.57. The molecule has 1 aromatic rings. The number of anilines is 2. The van der Waals surface area contributed by atoms with Gasteiger partial charge in [0.05, 0.1) is 11.9 Å². The van der Waals surface area contributed by atoms with Crippen LogP contribution in [0.2, 0.25) is 0 Å². The van der Waals surface area contributed by atoms with Gasteiger partial charge in [0.15, 0.2) is 5.82 Å². The molecular weight excluding hydrogens is 188 g/mol. The molecule has 0 spiro atoms. The minimum atomic E-state index is 0.589. The fourth-order valence-electron chi connectivity index (χ4n) is 2.03. The van der Waals surface area contributed by atoms with E-state index >= 15 is 0 Å². The summed E-state index contributed by atoms with van der Waals surface area (Å²) < 4.78 is 0. The van der Waals surface area contributed by atoms with Gasteiger partial charge < -0.3 is 10.6 Å². The van der Waals surface area contributed by atoms with Crippen molar-refractivity contribution < 1.29 is 0 Å². The third-order valence-electron chi connectivity index (χ3n) is 2.87. The number of rotatable bonds is 3. The monoisotopic (exact) mass is 206 g/mol. The normalized spacial score (nSPS) is 16.7. The second-order valence-electron chi connectivity index (χ2n) is 4.06. The summed E-state index contributed by atoms with van der Waals surface area (Å²) in [5, 5.41) is 6.60. The molecule has 0 amide bonds. The zero-order valence-electron chi connectivity index (χ0n) is 9.38. The summed E-state index contributed by atoms with van der Waals surface area (Å²) in [6.45, 7) is 1.92. The summed E-state index contributed by atoms with van der Waals surface area (Å²) in [7, 11) is 1.90. The molecule has 0 saturated heterocycles. The Morgan fingerprint density at radius 2 is 2.07 bits per heavy atom. The highest BCUT2D eigenvalue weighted by atomic mass is 15.1. The molecule has 0 radical (unpaired) electrons. The summed E-state index contributed by atoms with van der Waals surface area (Å²) in [5.41, 5.74) is 0.979. The van der Waals surface area contributed by atoms with E-state index in [1.807, 2.05) is 20.2 Å². The topological polar surface area (TPSA) is 49.8 Å². The van der Waals surface area contributed by atoms with Gasteiger partial charge in [0.2, 0.25) is 0 Å². The Balaban J connectivity index is 2.14. The molecule has 1 fully saturated rings. The maximum absolute atomic E-state index is 4.42. The van der Waals surface area contributed by atoms with Gasteiger partial charge in [-0.15, -0.1) is 0 Å². The number of aromatic nitrogens is 2. The lowest BCUT2D eigenvalue weighted by molar-refractivity contribution is 0.749. The summed E-state index contributed by atoms with van der Waals surface area (Å²) >= 11 is 0. The summed E-state index contributed by atoms with van der Waals surface area (Å²) in [6, 6.07) is 0.589. The first-order chi connectivity index (χ1) is 7.29. The second kappa shape index (κ2) is 4.47. The average molecular weight is 206 g/mol. The largest absolute Gasteiger partial charge is 0.384 e. The van der Waals surface area contributed by atoms with Crippen LogP contribution in [-0.2, 0) is 0 Å². The van der Waals surface area contributed by atoms with Gasteiger partial charge in [-0.1, -0.05) is 12.8 Å². The zero-order chi connectivity index (χ0) is 10.7. The van der Waals surface area contributed by atoms with E-state index in [0.717, 1.165) is 17.3 Å². The molecular formula is C11H18N4. The highest BCUT2D eigenvalue weighted by Crippen LogP contribution is 2.24. The predicted molar refractivity (Wildman–Crippen MR) is 62.2 cm³/mol. The Morgan fingerprint density at radius 3 is 2.73 bits per heavy atom. The van der Waals surface area contributed by atoms with Crippen molar-refractivity contribution in [2.45, 2.75) is 38.6 Å². The smallest absolute Gasteiger partial charge is 0.153 e. The van der Waals surface area contributed by atoms with E-state index in [0.29, 0.717) is 6.04 Å². The molecule has 2 rings (SSSR count). The van der Waals surface area contributed by atoms with Crippen molar-refractivity contribution in [1.29, 1.82) is 0 Å². The minimum absolute atomic E-state index is 0.589. The van der Waals surface area contributed by atoms with Gasteiger partial charge in [0.1, 0.15) is 5.82 Å². The molecule has 1 aliphatic rings. The van der Waals surface area contributed by atoms with E-state index in [4.69, 9.17) is 0 Å². The molecule has 1 aliphatic carbocycles. The van der Waals surface area contributed by atoms with E-state index in [-0.39, 0.29) is 0 Å². The third-order valence-corrected chi connectivity index (χ3v) is 2.87. The fraction of sp³-hybridized carbons (Fsp3) is 0.636. The Kier molecular flexibility index (Phi) is 3.04. The van der Waals surface area contributed by atoms with Gasteiger partial charge in [-0.05, 0) is 19.8 Å². The number of hydrogen-bond acceptors (Lipinski definition) is 4. The van der Waals surface area contributed by atoms with Crippen LogP contribution in [-0.4, -0.2) is 23.1 Å². The molecule has 0 aromatic carbocycles. The van der Waals surface area contributed by atoms with Crippen molar-refractivity contribution in [3.8, 4) is 0 Å². The first-order valence-electron chi connectivity index (χ1n) is 5.57. The number of nitrogens with one attached hydrogen (secondary N) is 2. The Hall–Kier alpha value is -1.32. The molecule has 1 aromatic heterocycles. The van der Waals surface area contributed by atoms with E-state index < -0.39 is 0 Å². The zero-order valence-corrected chi connectivity index (χ0v) is 9.38. The molecule has 1 saturated carbocycles. The lowest BCUT2D eigenvalue weighted by Gasteiger charge is -2.15. The highest BCUT2D eigenvalue weighted by Gasteiger charge is 2.16. The van der Waals surface area contributed by atoms with Crippen LogP contribution in [0, 0.1) is 6.92 Å². The standard InChI is InChI=1S/C11H18N4/c1-8-13-7-10(12-2)11(14-8)15-9-5-3-4-6-9/h7,9,12H,3-6H2,1-2H3,(H,13,14,15). The Labute approximate surface area is 90.5 Å². The van der Waals surface area contributed by atoms with Crippen molar-refractivity contribution in [1.82, 2.24) is 9.97 Å². The molecule has 1 heterocycles. The summed E-state index contributed by atoms with van der Waals surface area (Å²) in [5.74, 6) is 1.76. The van der Waals surface area contributed by atoms with Crippen LogP contribution < -0.4 is 10.6 Å². The molecule has 0 atom stereocenters. The van der Waals surface area contributed by atoms with Gasteiger partial charge in [-0.3, -0.25) is 0 Å². The van der Waals surface area contributed by atoms with Crippen LogP contribution in [0.15, 0.2) is 6.20 Å². The quantitative estimate of drug-likeness (QED) is 0.796. The fourth-order valence-corrected chi connectivity index (χ4v) is 2.03. The molecule has 2 N–H and O–H groups in total. The molecule has 15 heavy (non-hydrogen) atoms. The number of hydrogen-bond donors (Lipinski definition) is 2. The molecule has 0 aliphatic heterocycles. The molecule has 4 heteroatoms. The second-order valence-corrected chi connectivity index (χ2v) is 4.06.